The minimum atomic E-state index is -0.661. The Morgan fingerprint density at radius 2 is 1.50 bits per heavy atom. The second kappa shape index (κ2) is 2.86. The summed E-state index contributed by atoms with van der Waals surface area (Å²) in [7, 11) is 0. The van der Waals surface area contributed by atoms with Crippen LogP contribution in [0.4, 0.5) is 0 Å². The van der Waals surface area contributed by atoms with Crippen molar-refractivity contribution < 1.29 is 10.2 Å². The standard InChI is InChI=1S/C7H6Cl2O2S/c8-6-4-2(10)1-3(11)5(4)7(9)12-6/h2-3,10-11H,1H2/t2-,3-/m1/s1. The maximum absolute atomic E-state index is 9.45. The molecule has 1 aromatic heterocycles. The summed E-state index contributed by atoms with van der Waals surface area (Å²) >= 11 is 12.8. The first-order chi connectivity index (χ1) is 5.61. The third-order valence-corrected chi connectivity index (χ3v) is 3.67. The largest absolute Gasteiger partial charge is 0.388 e. The molecule has 1 heterocycles. The highest BCUT2D eigenvalue weighted by molar-refractivity contribution is 7.20. The van der Waals surface area contributed by atoms with E-state index in [0.29, 0.717) is 26.2 Å². The summed E-state index contributed by atoms with van der Waals surface area (Å²) in [5, 5.41) is 18.9. The number of aliphatic hydroxyl groups excluding tert-OH is 2. The Kier molecular flexibility index (Phi) is 2.09. The Morgan fingerprint density at radius 3 is 1.92 bits per heavy atom. The first-order valence-corrected chi connectivity index (χ1v) is 5.02. The fourth-order valence-electron chi connectivity index (χ4n) is 1.47. The lowest BCUT2D eigenvalue weighted by Gasteiger charge is -2.00. The topological polar surface area (TPSA) is 40.5 Å². The molecule has 2 N–H and O–H groups in total. The molecule has 0 fully saturated rings. The van der Waals surface area contributed by atoms with E-state index in [9.17, 15) is 10.2 Å². The van der Waals surface area contributed by atoms with E-state index in [-0.39, 0.29) is 0 Å². The van der Waals surface area contributed by atoms with Crippen LogP contribution in [0.25, 0.3) is 0 Å². The van der Waals surface area contributed by atoms with E-state index in [1.807, 2.05) is 0 Å². The van der Waals surface area contributed by atoms with E-state index < -0.39 is 12.2 Å². The fourth-order valence-corrected chi connectivity index (χ4v) is 3.37. The average Bonchev–Trinajstić information content (AvgIpc) is 2.38. The molecule has 0 aromatic carbocycles. The highest BCUT2D eigenvalue weighted by Gasteiger charge is 2.34. The van der Waals surface area contributed by atoms with E-state index in [4.69, 9.17) is 23.2 Å². The summed E-state index contributed by atoms with van der Waals surface area (Å²) in [4.78, 5) is 0. The Morgan fingerprint density at radius 1 is 1.08 bits per heavy atom. The normalized spacial score (nSPS) is 27.7. The summed E-state index contributed by atoms with van der Waals surface area (Å²) in [6.07, 6.45) is -1.02. The van der Waals surface area contributed by atoms with Gasteiger partial charge in [-0.25, -0.2) is 0 Å². The van der Waals surface area contributed by atoms with Gasteiger partial charge >= 0.3 is 0 Å². The van der Waals surface area contributed by atoms with Gasteiger partial charge < -0.3 is 10.2 Å². The molecule has 0 saturated heterocycles. The lowest BCUT2D eigenvalue weighted by molar-refractivity contribution is 0.107. The molecule has 12 heavy (non-hydrogen) atoms. The van der Waals surface area contributed by atoms with Gasteiger partial charge in [0.2, 0.25) is 0 Å². The number of fused-ring (bicyclic) bond motifs is 1. The van der Waals surface area contributed by atoms with E-state index in [1.165, 1.54) is 11.3 Å². The molecule has 5 heteroatoms. The molecule has 2 rings (SSSR count). The monoisotopic (exact) mass is 224 g/mol. The lowest BCUT2D eigenvalue weighted by atomic mass is 10.2. The van der Waals surface area contributed by atoms with Crippen molar-refractivity contribution in [2.75, 3.05) is 0 Å². The molecule has 2 nitrogen and oxygen atoms in total. The highest BCUT2D eigenvalue weighted by Crippen LogP contribution is 2.50. The van der Waals surface area contributed by atoms with Gasteiger partial charge in [0, 0.05) is 17.5 Å². The van der Waals surface area contributed by atoms with Gasteiger partial charge in [-0.15, -0.1) is 11.3 Å². The molecule has 2 atom stereocenters. The molecular formula is C7H6Cl2O2S. The Balaban J connectivity index is 2.62. The third-order valence-electron chi connectivity index (χ3n) is 2.01. The fraction of sp³-hybridized carbons (Fsp3) is 0.429. The van der Waals surface area contributed by atoms with Crippen LogP contribution in [-0.4, -0.2) is 10.2 Å². The van der Waals surface area contributed by atoms with Crippen LogP contribution in [0.3, 0.4) is 0 Å². The molecular weight excluding hydrogens is 219 g/mol. The second-order valence-electron chi connectivity index (χ2n) is 2.74. The predicted octanol–water partition coefficient (Wildman–Crippen LogP) is 2.53. The maximum atomic E-state index is 9.45. The zero-order valence-corrected chi connectivity index (χ0v) is 8.25. The first-order valence-electron chi connectivity index (χ1n) is 3.45. The Labute approximate surface area is 83.4 Å². The van der Waals surface area contributed by atoms with Gasteiger partial charge in [0.05, 0.1) is 12.2 Å². The number of hydrogen-bond donors (Lipinski definition) is 2. The lowest BCUT2D eigenvalue weighted by Crippen LogP contribution is -1.90. The van der Waals surface area contributed by atoms with Crippen LogP contribution in [0.1, 0.15) is 29.8 Å². The molecule has 1 aliphatic carbocycles. The summed E-state index contributed by atoms with van der Waals surface area (Å²) < 4.78 is 0.970. The quantitative estimate of drug-likeness (QED) is 0.712. The van der Waals surface area contributed by atoms with Gasteiger partial charge in [0.1, 0.15) is 8.67 Å². The zero-order valence-electron chi connectivity index (χ0n) is 5.92. The van der Waals surface area contributed by atoms with Crippen molar-refractivity contribution in [2.45, 2.75) is 18.6 Å². The number of aliphatic hydroxyl groups is 2. The number of rotatable bonds is 0. The van der Waals surface area contributed by atoms with Crippen molar-refractivity contribution in [1.82, 2.24) is 0 Å². The number of hydrogen-bond acceptors (Lipinski definition) is 3. The smallest absolute Gasteiger partial charge is 0.101 e. The van der Waals surface area contributed by atoms with Gasteiger partial charge in [-0.3, -0.25) is 0 Å². The van der Waals surface area contributed by atoms with Crippen LogP contribution < -0.4 is 0 Å². The molecule has 0 unspecified atom stereocenters. The molecule has 1 aliphatic rings. The molecule has 0 spiro atoms. The van der Waals surface area contributed by atoms with Gasteiger partial charge in [0.25, 0.3) is 0 Å². The predicted molar refractivity (Wildman–Crippen MR) is 48.9 cm³/mol. The molecule has 1 aromatic rings. The maximum Gasteiger partial charge on any atom is 0.101 e. The summed E-state index contributed by atoms with van der Waals surface area (Å²) in [6, 6.07) is 0. The molecule has 0 saturated carbocycles. The molecule has 0 aliphatic heterocycles. The van der Waals surface area contributed by atoms with Crippen LogP contribution >= 0.6 is 34.5 Å². The van der Waals surface area contributed by atoms with Crippen LogP contribution in [-0.2, 0) is 0 Å². The number of thiophene rings is 1. The van der Waals surface area contributed by atoms with Crippen LogP contribution in [0.2, 0.25) is 8.67 Å². The van der Waals surface area contributed by atoms with Crippen LogP contribution in [0, 0.1) is 0 Å². The SMILES string of the molecule is O[C@@H]1C[C@@H](O)c2c(Cl)sc(Cl)c21. The van der Waals surface area contributed by atoms with E-state index in [1.54, 1.807) is 0 Å². The van der Waals surface area contributed by atoms with E-state index in [0.717, 1.165) is 0 Å². The first kappa shape index (κ1) is 8.78. The van der Waals surface area contributed by atoms with E-state index >= 15 is 0 Å². The molecule has 0 amide bonds. The van der Waals surface area contributed by atoms with E-state index in [2.05, 4.69) is 0 Å². The summed E-state index contributed by atoms with van der Waals surface area (Å²) in [5.41, 5.74) is 1.22. The van der Waals surface area contributed by atoms with Crippen molar-refractivity contribution >= 4 is 34.5 Å². The summed E-state index contributed by atoms with van der Waals surface area (Å²) in [5.74, 6) is 0. The summed E-state index contributed by atoms with van der Waals surface area (Å²) in [6.45, 7) is 0. The van der Waals surface area contributed by atoms with Crippen molar-refractivity contribution in [3.63, 3.8) is 0 Å². The molecule has 0 bridgehead atoms. The van der Waals surface area contributed by atoms with Gasteiger partial charge in [0.15, 0.2) is 0 Å². The molecule has 0 radical (unpaired) electrons. The van der Waals surface area contributed by atoms with Crippen molar-refractivity contribution in [1.29, 1.82) is 0 Å². The van der Waals surface area contributed by atoms with Gasteiger partial charge in [-0.1, -0.05) is 23.2 Å². The van der Waals surface area contributed by atoms with Gasteiger partial charge in [-0.2, -0.15) is 0 Å². The average molecular weight is 225 g/mol. The van der Waals surface area contributed by atoms with Crippen molar-refractivity contribution in [3.8, 4) is 0 Å². The zero-order chi connectivity index (χ0) is 8.88. The minimum Gasteiger partial charge on any atom is -0.388 e. The third kappa shape index (κ3) is 1.09. The highest BCUT2D eigenvalue weighted by atomic mass is 35.5. The Hall–Kier alpha value is 0.200. The van der Waals surface area contributed by atoms with Crippen LogP contribution in [0.15, 0.2) is 0 Å². The van der Waals surface area contributed by atoms with Crippen molar-refractivity contribution in [3.05, 3.63) is 19.8 Å². The van der Waals surface area contributed by atoms with Crippen molar-refractivity contribution in [2.24, 2.45) is 0 Å². The second-order valence-corrected chi connectivity index (χ2v) is 4.97. The molecule has 66 valence electrons. The Bertz CT molecular complexity index is 295. The van der Waals surface area contributed by atoms with Crippen LogP contribution in [0.5, 0.6) is 0 Å². The minimum absolute atomic E-state index is 0.303. The van der Waals surface area contributed by atoms with Gasteiger partial charge in [-0.05, 0) is 0 Å². The number of halogens is 2.